The van der Waals surface area contributed by atoms with E-state index in [4.69, 9.17) is 4.98 Å². The second-order valence-electron chi connectivity index (χ2n) is 5.75. The molecule has 5 nitrogen and oxygen atoms in total. The normalized spacial score (nSPS) is 11.4. The maximum Gasteiger partial charge on any atom is 0.187 e. The lowest BCUT2D eigenvalue weighted by Crippen LogP contribution is -1.85. The monoisotopic (exact) mass is 328 g/mol. The third kappa shape index (κ3) is 2.87. The first kappa shape index (κ1) is 15.1. The summed E-state index contributed by atoms with van der Waals surface area (Å²) in [5.74, 6) is 0.882. The van der Waals surface area contributed by atoms with E-state index in [1.54, 1.807) is 24.3 Å². The van der Waals surface area contributed by atoms with Crippen LogP contribution in [0.2, 0.25) is 0 Å². The summed E-state index contributed by atoms with van der Waals surface area (Å²) in [6.45, 7) is 2.03. The van der Waals surface area contributed by atoms with Gasteiger partial charge in [-0.3, -0.25) is 4.40 Å². The number of pyridine rings is 1. The van der Waals surface area contributed by atoms with Gasteiger partial charge >= 0.3 is 0 Å². The number of aryl methyl sites for hydroxylation is 1. The van der Waals surface area contributed by atoms with E-state index in [0.29, 0.717) is 11.5 Å². The molecule has 0 atom stereocenters. The molecule has 0 saturated carbocycles. The van der Waals surface area contributed by atoms with Gasteiger partial charge in [0.1, 0.15) is 17.1 Å². The molecule has 0 radical (unpaired) electrons. The van der Waals surface area contributed by atoms with Crippen molar-refractivity contribution in [2.45, 2.75) is 6.92 Å². The van der Waals surface area contributed by atoms with Crippen molar-refractivity contribution in [3.8, 4) is 17.0 Å². The van der Waals surface area contributed by atoms with Crippen molar-refractivity contribution >= 4 is 17.2 Å². The van der Waals surface area contributed by atoms with Gasteiger partial charge in [0.25, 0.3) is 0 Å². The van der Waals surface area contributed by atoms with E-state index in [0.717, 1.165) is 22.5 Å². The fraction of sp³-hybridized carbons (Fsp3) is 0.0500. The average molecular weight is 328 g/mol. The minimum atomic E-state index is 0.203. The molecular formula is C20H16N4O. The first-order valence-corrected chi connectivity index (χ1v) is 7.96. The highest BCUT2D eigenvalue weighted by molar-refractivity contribution is 5.75. The zero-order chi connectivity index (χ0) is 17.2. The van der Waals surface area contributed by atoms with Crippen LogP contribution in [0, 0.1) is 6.92 Å². The smallest absolute Gasteiger partial charge is 0.187 e. The molecule has 0 unspecified atom stereocenters. The van der Waals surface area contributed by atoms with Gasteiger partial charge in [0.15, 0.2) is 5.82 Å². The van der Waals surface area contributed by atoms with Gasteiger partial charge in [-0.05, 0) is 42.8 Å². The number of hydrogen-bond donors (Lipinski definition) is 1. The Kier molecular flexibility index (Phi) is 3.74. The number of rotatable bonds is 3. The van der Waals surface area contributed by atoms with Crippen LogP contribution in [-0.2, 0) is 0 Å². The first-order chi connectivity index (χ1) is 12.2. The second kappa shape index (κ2) is 6.20. The maximum absolute atomic E-state index is 9.39. The summed E-state index contributed by atoms with van der Waals surface area (Å²) in [5.41, 5.74) is 4.38. The van der Waals surface area contributed by atoms with Crippen molar-refractivity contribution in [3.05, 3.63) is 78.5 Å². The summed E-state index contributed by atoms with van der Waals surface area (Å²) in [6, 6.07) is 20.6. The quantitative estimate of drug-likeness (QED) is 0.510. The fourth-order valence-corrected chi connectivity index (χ4v) is 2.70. The molecular weight excluding hydrogens is 312 g/mol. The van der Waals surface area contributed by atoms with Gasteiger partial charge in [0.2, 0.25) is 0 Å². The van der Waals surface area contributed by atoms with Gasteiger partial charge in [-0.2, -0.15) is 0 Å². The van der Waals surface area contributed by atoms with Gasteiger partial charge in [-0.15, -0.1) is 10.2 Å². The highest BCUT2D eigenvalue weighted by atomic mass is 16.3. The minimum absolute atomic E-state index is 0.203. The molecule has 5 heteroatoms. The molecule has 4 rings (SSSR count). The zero-order valence-electron chi connectivity index (χ0n) is 13.7. The van der Waals surface area contributed by atoms with Crippen molar-refractivity contribution < 1.29 is 5.11 Å². The Bertz CT molecular complexity index is 1050. The van der Waals surface area contributed by atoms with E-state index in [1.165, 1.54) is 0 Å². The number of phenolic OH excluding ortho intramolecular Hbond substituents is 1. The van der Waals surface area contributed by atoms with Crippen LogP contribution in [0.15, 0.2) is 83.2 Å². The Morgan fingerprint density at radius 3 is 2.40 bits per heavy atom. The topological polar surface area (TPSA) is 62.2 Å². The molecule has 2 aromatic carbocycles. The van der Waals surface area contributed by atoms with Crippen LogP contribution < -0.4 is 0 Å². The standard InChI is InChI=1S/C20H16N4O/c1-14-6-5-13-24-19(14)21-18(15-7-3-2-4-8-15)20(24)23-22-16-9-11-17(25)12-10-16/h2-13,25H,1H3. The van der Waals surface area contributed by atoms with Gasteiger partial charge in [0, 0.05) is 11.8 Å². The number of fused-ring (bicyclic) bond motifs is 1. The van der Waals surface area contributed by atoms with Gasteiger partial charge < -0.3 is 5.11 Å². The number of hydrogen-bond acceptors (Lipinski definition) is 4. The van der Waals surface area contributed by atoms with Gasteiger partial charge in [-0.25, -0.2) is 4.98 Å². The first-order valence-electron chi connectivity index (χ1n) is 7.96. The highest BCUT2D eigenvalue weighted by Gasteiger charge is 2.14. The van der Waals surface area contributed by atoms with Crippen LogP contribution in [0.5, 0.6) is 5.75 Å². The SMILES string of the molecule is Cc1cccn2c(N=Nc3ccc(O)cc3)c(-c3ccccc3)nc12. The third-order valence-corrected chi connectivity index (χ3v) is 3.98. The molecule has 0 spiro atoms. The molecule has 1 N–H and O–H groups in total. The summed E-state index contributed by atoms with van der Waals surface area (Å²) < 4.78 is 1.95. The number of benzene rings is 2. The van der Waals surface area contributed by atoms with Crippen molar-refractivity contribution in [2.75, 3.05) is 0 Å². The van der Waals surface area contributed by atoms with E-state index >= 15 is 0 Å². The lowest BCUT2D eigenvalue weighted by Gasteiger charge is -2.00. The number of imidazole rings is 1. The molecule has 2 heterocycles. The van der Waals surface area contributed by atoms with Crippen LogP contribution in [0.4, 0.5) is 11.5 Å². The van der Waals surface area contributed by atoms with Gasteiger partial charge in [0.05, 0.1) is 5.69 Å². The van der Waals surface area contributed by atoms with E-state index < -0.39 is 0 Å². The highest BCUT2D eigenvalue weighted by Crippen LogP contribution is 2.33. The molecule has 25 heavy (non-hydrogen) atoms. The molecule has 0 aliphatic carbocycles. The summed E-state index contributed by atoms with van der Waals surface area (Å²) in [6.07, 6.45) is 1.94. The van der Waals surface area contributed by atoms with E-state index in [-0.39, 0.29) is 5.75 Å². The number of azo groups is 1. The Labute approximate surface area is 144 Å². The summed E-state index contributed by atoms with van der Waals surface area (Å²) in [4.78, 5) is 4.78. The predicted molar refractivity (Wildman–Crippen MR) is 97.6 cm³/mol. The Morgan fingerprint density at radius 2 is 1.64 bits per heavy atom. The summed E-state index contributed by atoms with van der Waals surface area (Å²) in [5, 5.41) is 18.2. The summed E-state index contributed by atoms with van der Waals surface area (Å²) >= 11 is 0. The van der Waals surface area contributed by atoms with Crippen molar-refractivity contribution in [1.82, 2.24) is 9.38 Å². The third-order valence-electron chi connectivity index (χ3n) is 3.98. The van der Waals surface area contributed by atoms with Gasteiger partial charge in [-0.1, -0.05) is 36.4 Å². The molecule has 4 aromatic rings. The number of nitrogens with zero attached hydrogens (tertiary/aromatic N) is 4. The Hall–Kier alpha value is -3.47. The number of aromatic nitrogens is 2. The van der Waals surface area contributed by atoms with Crippen LogP contribution in [-0.4, -0.2) is 14.5 Å². The Morgan fingerprint density at radius 1 is 0.880 bits per heavy atom. The molecule has 122 valence electrons. The molecule has 2 aromatic heterocycles. The predicted octanol–water partition coefficient (Wildman–Crippen LogP) is 5.43. The second-order valence-corrected chi connectivity index (χ2v) is 5.75. The Balaban J connectivity index is 1.88. The molecule has 0 fully saturated rings. The van der Waals surface area contributed by atoms with E-state index in [9.17, 15) is 5.11 Å². The zero-order valence-corrected chi connectivity index (χ0v) is 13.7. The van der Waals surface area contributed by atoms with Crippen molar-refractivity contribution in [1.29, 1.82) is 0 Å². The molecule has 0 aliphatic rings. The fourth-order valence-electron chi connectivity index (χ4n) is 2.70. The van der Waals surface area contributed by atoms with Crippen LogP contribution in [0.3, 0.4) is 0 Å². The minimum Gasteiger partial charge on any atom is -0.508 e. The summed E-state index contributed by atoms with van der Waals surface area (Å²) in [7, 11) is 0. The lowest BCUT2D eigenvalue weighted by atomic mass is 10.1. The van der Waals surface area contributed by atoms with Crippen molar-refractivity contribution in [2.24, 2.45) is 10.2 Å². The molecule has 0 aliphatic heterocycles. The largest absolute Gasteiger partial charge is 0.508 e. The molecule has 0 saturated heterocycles. The number of aromatic hydroxyl groups is 1. The maximum atomic E-state index is 9.39. The molecule has 0 amide bonds. The van der Waals surface area contributed by atoms with Crippen molar-refractivity contribution in [3.63, 3.8) is 0 Å². The lowest BCUT2D eigenvalue weighted by molar-refractivity contribution is 0.475. The molecule has 0 bridgehead atoms. The van der Waals surface area contributed by atoms with Crippen LogP contribution in [0.25, 0.3) is 16.9 Å². The van der Waals surface area contributed by atoms with E-state index in [1.807, 2.05) is 60.0 Å². The number of phenols is 1. The van der Waals surface area contributed by atoms with Crippen LogP contribution >= 0.6 is 0 Å². The van der Waals surface area contributed by atoms with Crippen LogP contribution in [0.1, 0.15) is 5.56 Å². The van der Waals surface area contributed by atoms with E-state index in [2.05, 4.69) is 10.2 Å². The average Bonchev–Trinajstić information content (AvgIpc) is 3.02.